The number of likely N-dealkylation sites (tertiary alicyclic amines) is 1. The summed E-state index contributed by atoms with van der Waals surface area (Å²) in [7, 11) is 0. The molecule has 4 nitrogen and oxygen atoms in total. The van der Waals surface area contributed by atoms with E-state index in [0.717, 1.165) is 58.2 Å². The number of fused-ring (bicyclic) bond motifs is 1. The largest absolute Gasteiger partial charge is 0.458 e. The molecule has 2 saturated heterocycles. The van der Waals surface area contributed by atoms with E-state index in [-0.39, 0.29) is 30.0 Å². The molecule has 24 heavy (non-hydrogen) atoms. The molecule has 4 heteroatoms. The number of esters is 1. The molecule has 2 fully saturated rings. The Bertz CT molecular complexity index is 517. The minimum atomic E-state index is -0.170. The van der Waals surface area contributed by atoms with E-state index >= 15 is 0 Å². The molecular weight excluding hydrogens is 302 g/mol. The maximum Gasteiger partial charge on any atom is 0.311 e. The van der Waals surface area contributed by atoms with Gasteiger partial charge in [0, 0.05) is 25.6 Å². The Morgan fingerprint density at radius 3 is 2.67 bits per heavy atom. The number of hydrogen-bond acceptors (Lipinski definition) is 4. The van der Waals surface area contributed by atoms with Gasteiger partial charge in [-0.05, 0) is 58.4 Å². The van der Waals surface area contributed by atoms with Crippen molar-refractivity contribution in [1.29, 1.82) is 0 Å². The van der Waals surface area contributed by atoms with E-state index in [1.165, 1.54) is 11.1 Å². The molecule has 0 radical (unpaired) electrons. The van der Waals surface area contributed by atoms with Gasteiger partial charge in [-0.3, -0.25) is 4.79 Å². The van der Waals surface area contributed by atoms with Crippen LogP contribution in [0.15, 0.2) is 23.3 Å². The minimum Gasteiger partial charge on any atom is -0.458 e. The Hall–Kier alpha value is -1.13. The summed E-state index contributed by atoms with van der Waals surface area (Å²) in [5.74, 6) is 0.225. The number of piperidine rings is 1. The van der Waals surface area contributed by atoms with Crippen molar-refractivity contribution in [2.75, 3.05) is 19.6 Å². The normalized spacial score (nSPS) is 37.8. The molecule has 0 aromatic carbocycles. The Kier molecular flexibility index (Phi) is 5.77. The summed E-state index contributed by atoms with van der Waals surface area (Å²) in [5.41, 5.74) is 2.76. The summed E-state index contributed by atoms with van der Waals surface area (Å²) >= 11 is 0. The number of aliphatic hydroxyl groups is 1. The monoisotopic (exact) mass is 333 g/mol. The lowest BCUT2D eigenvalue weighted by Crippen LogP contribution is -2.41. The van der Waals surface area contributed by atoms with Crippen LogP contribution in [0.5, 0.6) is 0 Å². The summed E-state index contributed by atoms with van der Waals surface area (Å²) in [6.45, 7) is 6.90. The van der Waals surface area contributed by atoms with Crippen LogP contribution in [0.3, 0.4) is 0 Å². The Morgan fingerprint density at radius 2 is 1.92 bits per heavy atom. The number of nitrogens with zero attached hydrogens (tertiary/aromatic N) is 1. The lowest BCUT2D eigenvalue weighted by atomic mass is 9.83. The lowest BCUT2D eigenvalue weighted by Gasteiger charge is -2.32. The minimum absolute atomic E-state index is 0.0264. The first kappa shape index (κ1) is 17.7. The first-order chi connectivity index (χ1) is 11.5. The molecule has 0 unspecified atom stereocenters. The van der Waals surface area contributed by atoms with Gasteiger partial charge >= 0.3 is 5.97 Å². The van der Waals surface area contributed by atoms with Crippen molar-refractivity contribution in [3.63, 3.8) is 0 Å². The van der Waals surface area contributed by atoms with Crippen LogP contribution in [0.1, 0.15) is 52.4 Å². The van der Waals surface area contributed by atoms with Crippen LogP contribution in [0.2, 0.25) is 0 Å². The zero-order valence-corrected chi connectivity index (χ0v) is 15.0. The fourth-order valence-corrected chi connectivity index (χ4v) is 4.23. The van der Waals surface area contributed by atoms with E-state index in [4.69, 9.17) is 4.74 Å². The van der Waals surface area contributed by atoms with E-state index in [1.54, 1.807) is 0 Å². The average Bonchev–Trinajstić information content (AvgIpc) is 2.82. The molecule has 3 atom stereocenters. The first-order valence-corrected chi connectivity index (χ1v) is 9.47. The Morgan fingerprint density at radius 1 is 1.17 bits per heavy atom. The van der Waals surface area contributed by atoms with Gasteiger partial charge in [-0.25, -0.2) is 0 Å². The van der Waals surface area contributed by atoms with Gasteiger partial charge in [0.15, 0.2) is 0 Å². The zero-order valence-electron chi connectivity index (χ0n) is 15.0. The van der Waals surface area contributed by atoms with E-state index in [2.05, 4.69) is 30.9 Å². The Labute approximate surface area is 145 Å². The van der Waals surface area contributed by atoms with Crippen LogP contribution >= 0.6 is 0 Å². The third-order valence-corrected chi connectivity index (χ3v) is 5.86. The van der Waals surface area contributed by atoms with Crippen LogP contribution in [0.25, 0.3) is 0 Å². The average molecular weight is 333 g/mol. The molecule has 134 valence electrons. The third-order valence-electron chi connectivity index (χ3n) is 5.86. The predicted molar refractivity (Wildman–Crippen MR) is 94.5 cm³/mol. The van der Waals surface area contributed by atoms with E-state index < -0.39 is 0 Å². The van der Waals surface area contributed by atoms with Crippen LogP contribution in [0.4, 0.5) is 0 Å². The maximum absolute atomic E-state index is 12.5. The van der Waals surface area contributed by atoms with Gasteiger partial charge in [-0.2, -0.15) is 0 Å². The summed E-state index contributed by atoms with van der Waals surface area (Å²) in [6, 6.07) is 0. The fraction of sp³-hybridized carbons (Fsp3) is 0.750. The summed E-state index contributed by atoms with van der Waals surface area (Å²) in [4.78, 5) is 14.9. The van der Waals surface area contributed by atoms with Crippen molar-refractivity contribution < 1.29 is 14.6 Å². The fourth-order valence-electron chi connectivity index (χ4n) is 4.23. The molecule has 2 aliphatic heterocycles. The van der Waals surface area contributed by atoms with Crippen LogP contribution in [0, 0.1) is 11.8 Å². The van der Waals surface area contributed by atoms with Crippen LogP contribution in [-0.4, -0.2) is 47.8 Å². The summed E-state index contributed by atoms with van der Waals surface area (Å²) in [5, 5.41) is 9.68. The molecule has 1 aliphatic carbocycles. The standard InChI is InChI=1S/C20H31NO3/c1-14-4-3-5-15(2)12-19-17(7-6-14)18(20(23)24-19)13-21-10-8-16(22)9-11-21/h4,12,16-19,22H,3,5-11,13H2,1-2H3/b14-4+,15-12+/t17-,18-,19+/m0/s1. The van der Waals surface area contributed by atoms with Crippen LogP contribution < -0.4 is 0 Å². The number of carbonyl (C=O) groups is 1. The third kappa shape index (κ3) is 4.28. The number of aliphatic hydroxyl groups excluding tert-OH is 1. The van der Waals surface area contributed by atoms with Crippen LogP contribution in [-0.2, 0) is 9.53 Å². The second-order valence-corrected chi connectivity index (χ2v) is 7.84. The number of carbonyl (C=O) groups excluding carboxylic acids is 1. The lowest BCUT2D eigenvalue weighted by molar-refractivity contribution is -0.143. The molecule has 1 N–H and O–H groups in total. The van der Waals surface area contributed by atoms with Gasteiger partial charge in [0.2, 0.25) is 0 Å². The summed E-state index contributed by atoms with van der Waals surface area (Å²) < 4.78 is 5.77. The second kappa shape index (κ2) is 7.83. The number of ether oxygens (including phenoxy) is 1. The van der Waals surface area contributed by atoms with Gasteiger partial charge in [0.25, 0.3) is 0 Å². The molecule has 3 rings (SSSR count). The van der Waals surface area contributed by atoms with Gasteiger partial charge < -0.3 is 14.7 Å². The van der Waals surface area contributed by atoms with Crippen molar-refractivity contribution in [3.8, 4) is 0 Å². The van der Waals surface area contributed by atoms with Crippen molar-refractivity contribution in [2.24, 2.45) is 11.8 Å². The molecule has 0 saturated carbocycles. The second-order valence-electron chi connectivity index (χ2n) is 7.84. The van der Waals surface area contributed by atoms with E-state index in [0.29, 0.717) is 0 Å². The van der Waals surface area contributed by atoms with Gasteiger partial charge in [0.05, 0.1) is 12.0 Å². The number of hydrogen-bond donors (Lipinski definition) is 1. The summed E-state index contributed by atoms with van der Waals surface area (Å²) in [6.07, 6.45) is 10.1. The highest BCUT2D eigenvalue weighted by atomic mass is 16.6. The quantitative estimate of drug-likeness (QED) is 0.623. The predicted octanol–water partition coefficient (Wildman–Crippen LogP) is 3.07. The van der Waals surface area contributed by atoms with Crippen molar-refractivity contribution in [2.45, 2.75) is 64.6 Å². The molecule has 0 aromatic heterocycles. The molecule has 3 aliphatic rings. The number of allylic oxidation sites excluding steroid dienone is 3. The molecule has 0 bridgehead atoms. The molecule has 2 heterocycles. The number of rotatable bonds is 2. The van der Waals surface area contributed by atoms with Gasteiger partial charge in [0.1, 0.15) is 6.10 Å². The van der Waals surface area contributed by atoms with Crippen molar-refractivity contribution in [1.82, 2.24) is 4.90 Å². The van der Waals surface area contributed by atoms with E-state index in [9.17, 15) is 9.90 Å². The molecule has 0 amide bonds. The van der Waals surface area contributed by atoms with Gasteiger partial charge in [-0.15, -0.1) is 0 Å². The highest BCUT2D eigenvalue weighted by molar-refractivity contribution is 5.76. The maximum atomic E-state index is 12.5. The highest BCUT2D eigenvalue weighted by Crippen LogP contribution is 2.36. The molecule has 0 aromatic rings. The Balaban J connectivity index is 1.72. The molecular formula is C20H31NO3. The zero-order chi connectivity index (χ0) is 17.1. The van der Waals surface area contributed by atoms with Gasteiger partial charge in [-0.1, -0.05) is 17.2 Å². The van der Waals surface area contributed by atoms with Crippen molar-refractivity contribution in [3.05, 3.63) is 23.3 Å². The molecule has 0 spiro atoms. The topological polar surface area (TPSA) is 49.8 Å². The first-order valence-electron chi connectivity index (χ1n) is 9.47. The van der Waals surface area contributed by atoms with Crippen molar-refractivity contribution >= 4 is 5.97 Å². The smallest absolute Gasteiger partial charge is 0.311 e. The van der Waals surface area contributed by atoms with E-state index in [1.807, 2.05) is 0 Å². The highest BCUT2D eigenvalue weighted by Gasteiger charge is 2.44. The SMILES string of the molecule is C/C1=C\[C@H]2OC(=O)[C@@H](CN3CCC(O)CC3)[C@@H]2CC/C(C)=C/CC1.